The van der Waals surface area contributed by atoms with Crippen LogP contribution >= 0.6 is 11.3 Å². The summed E-state index contributed by atoms with van der Waals surface area (Å²) in [6, 6.07) is 19.3. The van der Waals surface area contributed by atoms with Crippen molar-refractivity contribution in [1.29, 1.82) is 0 Å². The van der Waals surface area contributed by atoms with Crippen LogP contribution in [0.25, 0.3) is 0 Å². The predicted molar refractivity (Wildman–Crippen MR) is 125 cm³/mol. The Balaban J connectivity index is 1.52. The van der Waals surface area contributed by atoms with Crippen LogP contribution in [0.4, 0.5) is 21.2 Å². The summed E-state index contributed by atoms with van der Waals surface area (Å²) in [6.45, 7) is 3.83. The van der Waals surface area contributed by atoms with Crippen LogP contribution in [-0.2, 0) is 11.2 Å². The number of para-hydroxylation sites is 1. The van der Waals surface area contributed by atoms with Crippen molar-refractivity contribution in [3.8, 4) is 0 Å². The van der Waals surface area contributed by atoms with Gasteiger partial charge < -0.3 is 16.0 Å². The molecule has 7 nitrogen and oxygen atoms in total. The fourth-order valence-electron chi connectivity index (χ4n) is 2.78. The number of carbonyl (C=O) groups excluding carboxylic acids is 3. The van der Waals surface area contributed by atoms with Crippen LogP contribution < -0.4 is 21.3 Å². The fourth-order valence-corrected chi connectivity index (χ4v) is 3.58. The maximum atomic E-state index is 12.5. The van der Waals surface area contributed by atoms with Gasteiger partial charge in [-0.05, 0) is 55.8 Å². The Bertz CT molecular complexity index is 1050. The minimum absolute atomic E-state index is 0.0401. The molecule has 0 spiro atoms. The summed E-state index contributed by atoms with van der Waals surface area (Å²) in [6.07, 6.45) is 0.289. The van der Waals surface area contributed by atoms with Crippen molar-refractivity contribution in [2.45, 2.75) is 26.3 Å². The van der Waals surface area contributed by atoms with E-state index in [9.17, 15) is 14.4 Å². The first-order chi connectivity index (χ1) is 14.9. The van der Waals surface area contributed by atoms with Crippen molar-refractivity contribution in [3.05, 3.63) is 77.2 Å². The van der Waals surface area contributed by atoms with E-state index in [4.69, 9.17) is 0 Å². The molecule has 0 bridgehead atoms. The lowest BCUT2D eigenvalue weighted by Crippen LogP contribution is -2.31. The van der Waals surface area contributed by atoms with Crippen molar-refractivity contribution in [2.24, 2.45) is 0 Å². The number of benzene rings is 2. The van der Waals surface area contributed by atoms with Gasteiger partial charge in [-0.15, -0.1) is 11.3 Å². The van der Waals surface area contributed by atoms with Gasteiger partial charge in [-0.25, -0.2) is 4.79 Å². The van der Waals surface area contributed by atoms with Gasteiger partial charge in [-0.3, -0.25) is 14.9 Å². The predicted octanol–water partition coefficient (Wildman–Crippen LogP) is 4.71. The van der Waals surface area contributed by atoms with Gasteiger partial charge in [-0.2, -0.15) is 0 Å². The first-order valence-electron chi connectivity index (χ1n) is 9.81. The third-order valence-electron chi connectivity index (χ3n) is 4.12. The van der Waals surface area contributed by atoms with E-state index >= 15 is 0 Å². The van der Waals surface area contributed by atoms with Crippen LogP contribution in [0.3, 0.4) is 0 Å². The van der Waals surface area contributed by atoms with Crippen LogP contribution in [0.15, 0.2) is 66.7 Å². The minimum atomic E-state index is -0.378. The third kappa shape index (κ3) is 6.97. The minimum Gasteiger partial charge on any atom is -0.354 e. The van der Waals surface area contributed by atoms with E-state index in [0.29, 0.717) is 21.3 Å². The van der Waals surface area contributed by atoms with E-state index in [1.165, 1.54) is 11.3 Å². The molecule has 3 aromatic rings. The zero-order valence-electron chi connectivity index (χ0n) is 17.3. The quantitative estimate of drug-likeness (QED) is 0.431. The Hall–Kier alpha value is -3.65. The lowest BCUT2D eigenvalue weighted by atomic mass is 10.1. The van der Waals surface area contributed by atoms with Crippen molar-refractivity contribution in [2.75, 3.05) is 16.0 Å². The van der Waals surface area contributed by atoms with Crippen LogP contribution in [0.2, 0.25) is 0 Å². The lowest BCUT2D eigenvalue weighted by molar-refractivity contribution is -0.120. The molecule has 0 saturated carbocycles. The second-order valence-electron chi connectivity index (χ2n) is 7.16. The molecule has 0 unspecified atom stereocenters. The van der Waals surface area contributed by atoms with Crippen LogP contribution in [0.5, 0.6) is 0 Å². The van der Waals surface area contributed by atoms with E-state index in [1.807, 2.05) is 44.2 Å². The Morgan fingerprint density at radius 3 is 2.16 bits per heavy atom. The number of thiophene rings is 1. The summed E-state index contributed by atoms with van der Waals surface area (Å²) in [5.41, 5.74) is 2.17. The molecular weight excluding hydrogens is 412 g/mol. The summed E-state index contributed by atoms with van der Waals surface area (Å²) in [5.74, 6) is -0.312. The lowest BCUT2D eigenvalue weighted by Gasteiger charge is -2.09. The number of rotatable bonds is 7. The van der Waals surface area contributed by atoms with Crippen molar-refractivity contribution >= 4 is 45.6 Å². The topological polar surface area (TPSA) is 99.3 Å². The first-order valence-corrected chi connectivity index (χ1v) is 10.6. The van der Waals surface area contributed by atoms with Gasteiger partial charge in [0.05, 0.1) is 16.3 Å². The normalized spacial score (nSPS) is 10.4. The molecule has 0 radical (unpaired) electrons. The number of carbonyl (C=O) groups is 3. The monoisotopic (exact) mass is 436 g/mol. The molecule has 0 fully saturated rings. The van der Waals surface area contributed by atoms with E-state index in [2.05, 4.69) is 21.3 Å². The molecule has 4 amide bonds. The average molecular weight is 437 g/mol. The number of hydrogen-bond donors (Lipinski definition) is 4. The number of anilines is 3. The van der Waals surface area contributed by atoms with E-state index in [1.54, 1.807) is 36.4 Å². The van der Waals surface area contributed by atoms with Crippen LogP contribution in [0, 0.1) is 0 Å². The van der Waals surface area contributed by atoms with Crippen molar-refractivity contribution in [3.63, 3.8) is 0 Å². The molecule has 0 atom stereocenters. The van der Waals surface area contributed by atoms with Crippen molar-refractivity contribution < 1.29 is 14.4 Å². The maximum absolute atomic E-state index is 12.5. The number of hydrogen-bond acceptors (Lipinski definition) is 4. The summed E-state index contributed by atoms with van der Waals surface area (Å²) in [7, 11) is 0. The molecule has 4 N–H and O–H groups in total. The third-order valence-corrected chi connectivity index (χ3v) is 5.12. The van der Waals surface area contributed by atoms with Gasteiger partial charge in [0, 0.05) is 17.4 Å². The van der Waals surface area contributed by atoms with Gasteiger partial charge >= 0.3 is 6.03 Å². The molecule has 0 aliphatic carbocycles. The van der Waals surface area contributed by atoms with Crippen LogP contribution in [-0.4, -0.2) is 23.9 Å². The molecule has 0 saturated heterocycles. The second kappa shape index (κ2) is 10.4. The Labute approximate surface area is 184 Å². The van der Waals surface area contributed by atoms with E-state index < -0.39 is 0 Å². The number of urea groups is 1. The van der Waals surface area contributed by atoms with E-state index in [0.717, 1.165) is 5.56 Å². The average Bonchev–Trinajstić information content (AvgIpc) is 3.18. The summed E-state index contributed by atoms with van der Waals surface area (Å²) in [4.78, 5) is 36.9. The standard InChI is InChI=1S/C23H24N4O3S/c1-15(2)24-20(28)14-16-8-10-18(11-9-16)25-22(29)19-12-13-21(31-19)27-23(30)26-17-6-4-3-5-7-17/h3-13,15H,14H2,1-2H3,(H,24,28)(H,25,29)(H2,26,27,30). The smallest absolute Gasteiger partial charge is 0.324 e. The largest absolute Gasteiger partial charge is 0.354 e. The zero-order valence-corrected chi connectivity index (χ0v) is 18.1. The Morgan fingerprint density at radius 2 is 1.48 bits per heavy atom. The fraction of sp³-hybridized carbons (Fsp3) is 0.174. The molecule has 31 heavy (non-hydrogen) atoms. The van der Waals surface area contributed by atoms with Gasteiger partial charge in [0.25, 0.3) is 5.91 Å². The second-order valence-corrected chi connectivity index (χ2v) is 8.24. The summed E-state index contributed by atoms with van der Waals surface area (Å²) in [5, 5.41) is 11.7. The van der Waals surface area contributed by atoms with Gasteiger partial charge in [0.2, 0.25) is 5.91 Å². The molecule has 8 heteroatoms. The highest BCUT2D eigenvalue weighted by molar-refractivity contribution is 7.18. The van der Waals surface area contributed by atoms with Gasteiger partial charge in [0.1, 0.15) is 0 Å². The van der Waals surface area contributed by atoms with E-state index in [-0.39, 0.29) is 30.3 Å². The summed E-state index contributed by atoms with van der Waals surface area (Å²) < 4.78 is 0. The molecular formula is C23H24N4O3S. The van der Waals surface area contributed by atoms with Crippen molar-refractivity contribution in [1.82, 2.24) is 5.32 Å². The van der Waals surface area contributed by atoms with Gasteiger partial charge in [-0.1, -0.05) is 30.3 Å². The first kappa shape index (κ1) is 22.0. The summed E-state index contributed by atoms with van der Waals surface area (Å²) >= 11 is 1.18. The molecule has 2 aromatic carbocycles. The molecule has 160 valence electrons. The highest BCUT2D eigenvalue weighted by Crippen LogP contribution is 2.23. The Kier molecular flexibility index (Phi) is 7.40. The van der Waals surface area contributed by atoms with Crippen LogP contribution in [0.1, 0.15) is 29.1 Å². The SMILES string of the molecule is CC(C)NC(=O)Cc1ccc(NC(=O)c2ccc(NC(=O)Nc3ccccc3)s2)cc1. The molecule has 3 rings (SSSR count). The zero-order chi connectivity index (χ0) is 22.2. The molecule has 1 aromatic heterocycles. The number of nitrogens with one attached hydrogen (secondary N) is 4. The maximum Gasteiger partial charge on any atom is 0.324 e. The van der Waals surface area contributed by atoms with Gasteiger partial charge in [0.15, 0.2) is 0 Å². The highest BCUT2D eigenvalue weighted by Gasteiger charge is 2.12. The number of amides is 4. The molecule has 1 heterocycles. The highest BCUT2D eigenvalue weighted by atomic mass is 32.1. The Morgan fingerprint density at radius 1 is 0.806 bits per heavy atom. The molecule has 0 aliphatic rings. The molecule has 0 aliphatic heterocycles.